The van der Waals surface area contributed by atoms with Gasteiger partial charge in [-0.15, -0.1) is 0 Å². The van der Waals surface area contributed by atoms with Crippen molar-refractivity contribution < 1.29 is 38.8 Å². The number of carbonyl (C=O) groups is 3. The zero-order valence-corrected chi connectivity index (χ0v) is 20.8. The number of anilines is 1. The van der Waals surface area contributed by atoms with Crippen molar-refractivity contribution in [3.63, 3.8) is 0 Å². The van der Waals surface area contributed by atoms with Crippen LogP contribution in [-0.2, 0) is 26.2 Å². The zero-order chi connectivity index (χ0) is 27.0. The minimum absolute atomic E-state index is 0.0416. The first kappa shape index (κ1) is 27.2. The number of aryl methyl sites for hydroxylation is 1. The number of benzene rings is 1. The lowest BCUT2D eigenvalue weighted by Gasteiger charge is -2.39. The molecule has 3 rings (SSSR count). The molecule has 1 aromatic carbocycles. The number of nitrogens with zero attached hydrogens (tertiary/aromatic N) is 3. The Kier molecular flexibility index (Phi) is 7.49. The lowest BCUT2D eigenvalue weighted by atomic mass is 9.88. The molecule has 0 radical (unpaired) electrons. The van der Waals surface area contributed by atoms with Gasteiger partial charge in [-0.25, -0.2) is 14.0 Å². The maximum atomic E-state index is 15.2. The fraction of sp³-hybridized carbons (Fsp3) is 0.583. The predicted octanol–water partition coefficient (Wildman–Crippen LogP) is 2.03. The number of aliphatic hydroxyl groups is 1. The van der Waals surface area contributed by atoms with Gasteiger partial charge in [0.15, 0.2) is 0 Å². The van der Waals surface area contributed by atoms with E-state index < -0.39 is 53.1 Å². The van der Waals surface area contributed by atoms with Gasteiger partial charge in [0.2, 0.25) is 0 Å². The summed E-state index contributed by atoms with van der Waals surface area (Å²) in [7, 11) is 1.43. The Balaban J connectivity index is 1.87. The molecule has 3 N–H and O–H groups in total. The first-order valence-corrected chi connectivity index (χ1v) is 11.7. The fourth-order valence-corrected chi connectivity index (χ4v) is 4.52. The highest BCUT2D eigenvalue weighted by Crippen LogP contribution is 2.33. The molecular formula is C24H32FN3O8. The number of aliphatic carboxylic acids is 2. The predicted molar refractivity (Wildman–Crippen MR) is 128 cm³/mol. The number of carboxylic acid groups (broad SMARTS) is 2. The van der Waals surface area contributed by atoms with Gasteiger partial charge in [-0.2, -0.15) is 0 Å². The third kappa shape index (κ3) is 5.86. The maximum Gasteiger partial charge on any atom is 0.329 e. The Bertz CT molecular complexity index is 1230. The summed E-state index contributed by atoms with van der Waals surface area (Å²) < 4.78 is 22.6. The van der Waals surface area contributed by atoms with Crippen LogP contribution in [0, 0.1) is 5.82 Å². The average Bonchev–Trinajstić information content (AvgIpc) is 2.96. The van der Waals surface area contributed by atoms with E-state index in [0.29, 0.717) is 0 Å². The molecule has 2 heterocycles. The van der Waals surface area contributed by atoms with Crippen LogP contribution in [0.25, 0.3) is 11.0 Å². The standard InChI is InChI=1S/C24H32FN3O8/c1-23(2,3)36-20(31)13-24(35)7-9-27(10-8-24)16-12-17-18(11-14(16)25)28(22(34)26(17)4)15(21(32)33)5-6-19(29)30/h11-12,15,35H,5-10,13H2,1-4H3,(H,29,30)(H,32,33). The van der Waals surface area contributed by atoms with E-state index in [-0.39, 0.29) is 55.5 Å². The first-order chi connectivity index (χ1) is 16.6. The van der Waals surface area contributed by atoms with E-state index in [1.54, 1.807) is 25.7 Å². The number of hydrogen-bond acceptors (Lipinski definition) is 7. The summed E-state index contributed by atoms with van der Waals surface area (Å²) in [4.78, 5) is 49.5. The van der Waals surface area contributed by atoms with Crippen LogP contribution in [0.3, 0.4) is 0 Å². The molecule has 1 aliphatic heterocycles. The molecule has 12 heteroatoms. The lowest BCUT2D eigenvalue weighted by molar-refractivity contribution is -0.161. The molecule has 0 saturated carbocycles. The van der Waals surface area contributed by atoms with Crippen LogP contribution in [-0.4, -0.2) is 66.7 Å². The molecule has 0 bridgehead atoms. The van der Waals surface area contributed by atoms with E-state index >= 15 is 4.39 Å². The summed E-state index contributed by atoms with van der Waals surface area (Å²) in [5.74, 6) is -3.81. The summed E-state index contributed by atoms with van der Waals surface area (Å²) in [5.41, 5.74) is -2.16. The number of aromatic nitrogens is 2. The van der Waals surface area contributed by atoms with Gasteiger partial charge in [0, 0.05) is 32.6 Å². The molecular weight excluding hydrogens is 477 g/mol. The molecule has 198 valence electrons. The first-order valence-electron chi connectivity index (χ1n) is 11.7. The molecule has 1 aliphatic rings. The molecule has 0 aliphatic carbocycles. The van der Waals surface area contributed by atoms with Crippen molar-refractivity contribution in [2.24, 2.45) is 7.05 Å². The molecule has 1 fully saturated rings. The minimum Gasteiger partial charge on any atom is -0.481 e. The molecule has 1 unspecified atom stereocenters. The second kappa shape index (κ2) is 9.92. The Morgan fingerprint density at radius 3 is 2.28 bits per heavy atom. The van der Waals surface area contributed by atoms with E-state index in [4.69, 9.17) is 9.84 Å². The van der Waals surface area contributed by atoms with Gasteiger partial charge in [0.1, 0.15) is 17.5 Å². The smallest absolute Gasteiger partial charge is 0.329 e. The maximum absolute atomic E-state index is 15.2. The third-order valence-corrected chi connectivity index (χ3v) is 6.31. The molecule has 1 saturated heterocycles. The van der Waals surface area contributed by atoms with Gasteiger partial charge < -0.3 is 25.0 Å². The largest absolute Gasteiger partial charge is 0.481 e. The number of halogens is 1. The van der Waals surface area contributed by atoms with E-state index in [2.05, 4.69) is 0 Å². The molecule has 11 nitrogen and oxygen atoms in total. The molecule has 2 aromatic rings. The minimum atomic E-state index is -1.47. The lowest BCUT2D eigenvalue weighted by Crippen LogP contribution is -2.46. The van der Waals surface area contributed by atoms with Gasteiger partial charge >= 0.3 is 23.6 Å². The Morgan fingerprint density at radius 1 is 1.14 bits per heavy atom. The SMILES string of the molecule is Cn1c(=O)n(C(CCC(=O)O)C(=O)O)c2cc(F)c(N3CCC(O)(CC(=O)OC(C)(C)C)CC3)cc21. The highest BCUT2D eigenvalue weighted by molar-refractivity contribution is 5.84. The topological polar surface area (TPSA) is 151 Å². The van der Waals surface area contributed by atoms with E-state index in [1.165, 1.54) is 17.7 Å². The average molecular weight is 510 g/mol. The summed E-state index contributed by atoms with van der Waals surface area (Å²) in [6.07, 6.45) is -0.598. The van der Waals surface area contributed by atoms with Crippen molar-refractivity contribution in [1.82, 2.24) is 9.13 Å². The number of imidazole rings is 1. The number of hydrogen-bond donors (Lipinski definition) is 3. The van der Waals surface area contributed by atoms with Crippen LogP contribution in [0.1, 0.15) is 58.9 Å². The van der Waals surface area contributed by atoms with Crippen molar-refractivity contribution in [3.8, 4) is 0 Å². The number of rotatable bonds is 8. The number of esters is 1. The normalized spacial score (nSPS) is 16.7. The second-order valence-corrected chi connectivity index (χ2v) is 10.3. The van der Waals surface area contributed by atoms with Crippen molar-refractivity contribution in [2.75, 3.05) is 18.0 Å². The fourth-order valence-electron chi connectivity index (χ4n) is 4.52. The Morgan fingerprint density at radius 2 is 1.75 bits per heavy atom. The van der Waals surface area contributed by atoms with Crippen molar-refractivity contribution >= 4 is 34.6 Å². The number of piperidine rings is 1. The zero-order valence-electron chi connectivity index (χ0n) is 20.8. The molecule has 1 aromatic heterocycles. The number of fused-ring (bicyclic) bond motifs is 1. The van der Waals surface area contributed by atoms with Gasteiger partial charge in [0.25, 0.3) is 0 Å². The molecule has 0 amide bonds. The van der Waals surface area contributed by atoms with Gasteiger partial charge in [-0.05, 0) is 46.1 Å². The van der Waals surface area contributed by atoms with Crippen LogP contribution in [0.15, 0.2) is 16.9 Å². The molecule has 36 heavy (non-hydrogen) atoms. The van der Waals surface area contributed by atoms with Crippen molar-refractivity contribution in [1.29, 1.82) is 0 Å². The van der Waals surface area contributed by atoms with Crippen molar-refractivity contribution in [2.45, 2.75) is 70.1 Å². The quantitative estimate of drug-likeness (QED) is 0.454. The van der Waals surface area contributed by atoms with Crippen LogP contribution in [0.4, 0.5) is 10.1 Å². The summed E-state index contributed by atoms with van der Waals surface area (Å²) in [5, 5.41) is 29.4. The molecule has 0 spiro atoms. The number of carboxylic acids is 2. The highest BCUT2D eigenvalue weighted by Gasteiger charge is 2.37. The third-order valence-electron chi connectivity index (χ3n) is 6.31. The van der Waals surface area contributed by atoms with Gasteiger partial charge in [0.05, 0.1) is 28.7 Å². The van der Waals surface area contributed by atoms with Gasteiger partial charge in [-0.3, -0.25) is 18.7 Å². The summed E-state index contributed by atoms with van der Waals surface area (Å²) >= 11 is 0. The van der Waals surface area contributed by atoms with E-state index in [0.717, 1.165) is 10.6 Å². The summed E-state index contributed by atoms with van der Waals surface area (Å²) in [6.45, 7) is 5.70. The number of ether oxygens (including phenoxy) is 1. The van der Waals surface area contributed by atoms with Gasteiger partial charge in [-0.1, -0.05) is 0 Å². The highest BCUT2D eigenvalue weighted by atomic mass is 19.1. The summed E-state index contributed by atoms with van der Waals surface area (Å²) in [6, 6.07) is 1.04. The van der Waals surface area contributed by atoms with Crippen LogP contribution in [0.5, 0.6) is 0 Å². The van der Waals surface area contributed by atoms with Crippen LogP contribution in [0.2, 0.25) is 0 Å². The van der Waals surface area contributed by atoms with Crippen LogP contribution >= 0.6 is 0 Å². The Hall–Kier alpha value is -3.41. The van der Waals surface area contributed by atoms with E-state index in [9.17, 15) is 29.4 Å². The number of carbonyl (C=O) groups excluding carboxylic acids is 1. The second-order valence-electron chi connectivity index (χ2n) is 10.3. The molecule has 1 atom stereocenters. The van der Waals surface area contributed by atoms with Crippen LogP contribution < -0.4 is 10.6 Å². The van der Waals surface area contributed by atoms with Crippen molar-refractivity contribution in [3.05, 3.63) is 28.4 Å². The monoisotopic (exact) mass is 509 g/mol. The van der Waals surface area contributed by atoms with E-state index in [1.807, 2.05) is 0 Å². The Labute approximate surface area is 206 Å².